The quantitative estimate of drug-likeness (QED) is 0.642. The van der Waals surface area contributed by atoms with Gasteiger partial charge in [0.05, 0.1) is 18.7 Å². The van der Waals surface area contributed by atoms with Crippen LogP contribution in [0.5, 0.6) is 0 Å². The van der Waals surface area contributed by atoms with E-state index in [1.807, 2.05) is 0 Å². The van der Waals surface area contributed by atoms with Gasteiger partial charge in [-0.15, -0.1) is 0 Å². The van der Waals surface area contributed by atoms with E-state index < -0.39 is 5.97 Å². The van der Waals surface area contributed by atoms with E-state index in [4.69, 9.17) is 5.11 Å². The van der Waals surface area contributed by atoms with Gasteiger partial charge in [-0.2, -0.15) is 5.10 Å². The molecule has 0 saturated heterocycles. The minimum atomic E-state index is -0.938. The van der Waals surface area contributed by atoms with Crippen molar-refractivity contribution in [2.75, 3.05) is 6.54 Å². The van der Waals surface area contributed by atoms with E-state index >= 15 is 0 Å². The molecule has 0 radical (unpaired) electrons. The molecule has 1 aromatic heterocycles. The fraction of sp³-hybridized carbons (Fsp3) is 0.444. The second-order valence-electron chi connectivity index (χ2n) is 3.20. The predicted octanol–water partition coefficient (Wildman–Crippen LogP) is -0.306. The van der Waals surface area contributed by atoms with Gasteiger partial charge in [-0.05, 0) is 6.07 Å². The summed E-state index contributed by atoms with van der Waals surface area (Å²) in [4.78, 5) is 21.4. The van der Waals surface area contributed by atoms with Crippen LogP contribution in [0, 0.1) is 0 Å². The average molecular weight is 226 g/mol. The zero-order valence-corrected chi connectivity index (χ0v) is 8.93. The van der Waals surface area contributed by atoms with Crippen LogP contribution in [0.15, 0.2) is 12.3 Å². The molecule has 3 N–H and O–H groups in total. The number of urea groups is 1. The summed E-state index contributed by atoms with van der Waals surface area (Å²) < 4.78 is 1.65. The van der Waals surface area contributed by atoms with Crippen LogP contribution in [0.3, 0.4) is 0 Å². The SMILES string of the molecule is Cn1nccc1CNC(=O)NCCC(=O)O. The summed E-state index contributed by atoms with van der Waals surface area (Å²) in [7, 11) is 1.78. The first-order valence-corrected chi connectivity index (χ1v) is 4.80. The average Bonchev–Trinajstić information content (AvgIpc) is 2.60. The Hall–Kier alpha value is -2.05. The molecule has 1 aromatic rings. The molecule has 0 aliphatic carbocycles. The minimum absolute atomic E-state index is 0.0842. The van der Waals surface area contributed by atoms with Gasteiger partial charge in [0.1, 0.15) is 0 Å². The summed E-state index contributed by atoms with van der Waals surface area (Å²) in [6.07, 6.45) is 1.55. The van der Waals surface area contributed by atoms with E-state index in [0.29, 0.717) is 6.54 Å². The first-order chi connectivity index (χ1) is 7.59. The molecular formula is C9H14N4O3. The molecule has 7 heteroatoms. The third kappa shape index (κ3) is 3.99. The van der Waals surface area contributed by atoms with Crippen molar-refractivity contribution in [3.8, 4) is 0 Å². The maximum atomic E-state index is 11.2. The summed E-state index contributed by atoms with van der Waals surface area (Å²) in [6, 6.07) is 1.40. The Bertz CT molecular complexity index is 375. The van der Waals surface area contributed by atoms with Crippen LogP contribution in [0.2, 0.25) is 0 Å². The summed E-state index contributed by atoms with van der Waals surface area (Å²) in [5, 5.41) is 17.3. The van der Waals surface area contributed by atoms with Crippen LogP contribution in [-0.2, 0) is 18.4 Å². The standard InChI is InChI=1S/C9H14N4O3/c1-13-7(2-5-12-13)6-11-9(16)10-4-3-8(14)15/h2,5H,3-4,6H2,1H3,(H,14,15)(H2,10,11,16). The highest BCUT2D eigenvalue weighted by molar-refractivity contribution is 5.74. The van der Waals surface area contributed by atoms with Crippen molar-refractivity contribution in [1.82, 2.24) is 20.4 Å². The molecule has 0 fully saturated rings. The monoisotopic (exact) mass is 226 g/mol. The van der Waals surface area contributed by atoms with E-state index in [9.17, 15) is 9.59 Å². The smallest absolute Gasteiger partial charge is 0.315 e. The third-order valence-electron chi connectivity index (χ3n) is 1.98. The maximum absolute atomic E-state index is 11.2. The molecule has 7 nitrogen and oxygen atoms in total. The topological polar surface area (TPSA) is 96.3 Å². The minimum Gasteiger partial charge on any atom is -0.481 e. The number of nitrogens with zero attached hydrogens (tertiary/aromatic N) is 2. The second kappa shape index (κ2) is 5.74. The second-order valence-corrected chi connectivity index (χ2v) is 3.20. The number of hydrogen-bond donors (Lipinski definition) is 3. The van der Waals surface area contributed by atoms with Crippen molar-refractivity contribution in [1.29, 1.82) is 0 Å². The van der Waals surface area contributed by atoms with E-state index in [1.54, 1.807) is 24.0 Å². The van der Waals surface area contributed by atoms with Gasteiger partial charge in [0.15, 0.2) is 0 Å². The highest BCUT2D eigenvalue weighted by Crippen LogP contribution is 1.94. The Morgan fingerprint density at radius 2 is 2.25 bits per heavy atom. The number of aliphatic carboxylic acids is 1. The number of carboxylic acid groups (broad SMARTS) is 1. The molecule has 1 rings (SSSR count). The van der Waals surface area contributed by atoms with Crippen molar-refractivity contribution < 1.29 is 14.7 Å². The van der Waals surface area contributed by atoms with Crippen molar-refractivity contribution in [2.24, 2.45) is 7.05 Å². The van der Waals surface area contributed by atoms with E-state index in [1.165, 1.54) is 0 Å². The highest BCUT2D eigenvalue weighted by atomic mass is 16.4. The highest BCUT2D eigenvalue weighted by Gasteiger charge is 2.03. The zero-order chi connectivity index (χ0) is 12.0. The fourth-order valence-corrected chi connectivity index (χ4v) is 1.09. The van der Waals surface area contributed by atoms with Gasteiger partial charge in [-0.1, -0.05) is 0 Å². The van der Waals surface area contributed by atoms with Crippen molar-refractivity contribution in [2.45, 2.75) is 13.0 Å². The maximum Gasteiger partial charge on any atom is 0.315 e. The van der Waals surface area contributed by atoms with Crippen LogP contribution < -0.4 is 10.6 Å². The largest absolute Gasteiger partial charge is 0.481 e. The lowest BCUT2D eigenvalue weighted by atomic mass is 10.4. The van der Waals surface area contributed by atoms with Gasteiger partial charge in [-0.3, -0.25) is 9.48 Å². The molecule has 1 heterocycles. The molecule has 0 spiro atoms. The lowest BCUT2D eigenvalue weighted by Gasteiger charge is -2.06. The van der Waals surface area contributed by atoms with Crippen LogP contribution in [0.1, 0.15) is 12.1 Å². The van der Waals surface area contributed by atoms with Gasteiger partial charge >= 0.3 is 12.0 Å². The fourth-order valence-electron chi connectivity index (χ4n) is 1.09. The number of aryl methyl sites for hydroxylation is 1. The first kappa shape index (κ1) is 12.0. The molecule has 0 bridgehead atoms. The Morgan fingerprint density at radius 3 is 2.81 bits per heavy atom. The normalized spacial score (nSPS) is 9.81. The zero-order valence-electron chi connectivity index (χ0n) is 8.93. The van der Waals surface area contributed by atoms with Crippen LogP contribution in [-0.4, -0.2) is 33.4 Å². The molecule has 0 aliphatic rings. The Kier molecular flexibility index (Phi) is 4.31. The number of carbonyl (C=O) groups is 2. The predicted molar refractivity (Wildman–Crippen MR) is 55.7 cm³/mol. The summed E-state index contributed by atoms with van der Waals surface area (Å²) in [5.41, 5.74) is 0.869. The van der Waals surface area contributed by atoms with Crippen molar-refractivity contribution in [3.63, 3.8) is 0 Å². The Morgan fingerprint density at radius 1 is 1.50 bits per heavy atom. The summed E-state index contributed by atoms with van der Waals surface area (Å²) in [6.45, 7) is 0.474. The molecule has 0 atom stereocenters. The first-order valence-electron chi connectivity index (χ1n) is 4.80. The number of nitrogens with one attached hydrogen (secondary N) is 2. The molecule has 0 aromatic carbocycles. The molecular weight excluding hydrogens is 212 g/mol. The number of aromatic nitrogens is 2. The molecule has 88 valence electrons. The van der Waals surface area contributed by atoms with Gasteiger partial charge in [0.2, 0.25) is 0 Å². The Balaban J connectivity index is 2.20. The van der Waals surface area contributed by atoms with E-state index in [0.717, 1.165) is 5.69 Å². The number of carbonyl (C=O) groups excluding carboxylic acids is 1. The summed E-state index contributed by atoms with van der Waals surface area (Å²) in [5.74, 6) is -0.938. The van der Waals surface area contributed by atoms with Crippen LogP contribution >= 0.6 is 0 Å². The van der Waals surface area contributed by atoms with Gasteiger partial charge < -0.3 is 15.7 Å². The van der Waals surface area contributed by atoms with Gasteiger partial charge in [-0.25, -0.2) is 4.79 Å². The number of hydrogen-bond acceptors (Lipinski definition) is 3. The van der Waals surface area contributed by atoms with E-state index in [-0.39, 0.29) is 19.0 Å². The van der Waals surface area contributed by atoms with Gasteiger partial charge in [0.25, 0.3) is 0 Å². The van der Waals surface area contributed by atoms with Crippen LogP contribution in [0.25, 0.3) is 0 Å². The van der Waals surface area contributed by atoms with Crippen molar-refractivity contribution in [3.05, 3.63) is 18.0 Å². The molecule has 0 unspecified atom stereocenters. The number of rotatable bonds is 5. The van der Waals surface area contributed by atoms with Crippen molar-refractivity contribution >= 4 is 12.0 Å². The molecule has 16 heavy (non-hydrogen) atoms. The van der Waals surface area contributed by atoms with E-state index in [2.05, 4.69) is 15.7 Å². The van der Waals surface area contributed by atoms with Gasteiger partial charge in [0, 0.05) is 19.8 Å². The Labute approximate surface area is 92.4 Å². The molecule has 2 amide bonds. The van der Waals surface area contributed by atoms with Crippen LogP contribution in [0.4, 0.5) is 4.79 Å². The molecule has 0 aliphatic heterocycles. The molecule has 0 saturated carbocycles. The number of amides is 2. The lowest BCUT2D eigenvalue weighted by Crippen LogP contribution is -2.36. The number of carboxylic acids is 1. The third-order valence-corrected chi connectivity index (χ3v) is 1.98. The summed E-state index contributed by atoms with van der Waals surface area (Å²) >= 11 is 0. The lowest BCUT2D eigenvalue weighted by molar-refractivity contribution is -0.136.